The molecule has 0 atom stereocenters. The fraction of sp³-hybridized carbons (Fsp3) is 0.0556. The molecule has 0 saturated carbocycles. The molecule has 2 heterocycles. The van der Waals surface area contributed by atoms with Gasteiger partial charge in [0, 0.05) is 41.9 Å². The lowest BCUT2D eigenvalue weighted by Gasteiger charge is -2.17. The average molecular weight is 644 g/mol. The van der Waals surface area contributed by atoms with E-state index in [2.05, 4.69) is 164 Å². The van der Waals surface area contributed by atoms with Gasteiger partial charge in [-0.2, -0.15) is 0 Å². The van der Waals surface area contributed by atoms with Gasteiger partial charge in [0.2, 0.25) is 0 Å². The van der Waals surface area contributed by atoms with Crippen molar-refractivity contribution in [3.63, 3.8) is 0 Å². The van der Waals surface area contributed by atoms with E-state index in [1.165, 1.54) is 76.9 Å². The van der Waals surface area contributed by atoms with Crippen molar-refractivity contribution < 1.29 is 0 Å². The molecule has 0 N–H and O–H groups in total. The highest BCUT2D eigenvalue weighted by molar-refractivity contribution is 9.10. The molecule has 0 radical (unpaired) electrons. The summed E-state index contributed by atoms with van der Waals surface area (Å²) in [5, 5.41) is 7.61. The van der Waals surface area contributed by atoms with Crippen LogP contribution in [0.25, 0.3) is 65.8 Å². The number of aromatic nitrogens is 2. The van der Waals surface area contributed by atoms with Crippen LogP contribution in [0.5, 0.6) is 0 Å². The lowest BCUT2D eigenvalue weighted by Crippen LogP contribution is -2.03. The highest BCUT2D eigenvalue weighted by atomic mass is 79.9. The van der Waals surface area contributed by atoms with E-state index in [-0.39, 0.29) is 0 Å². The third-order valence-electron chi connectivity index (χ3n) is 8.25. The van der Waals surface area contributed by atoms with Crippen molar-refractivity contribution in [2.45, 2.75) is 13.8 Å². The van der Waals surface area contributed by atoms with Crippen LogP contribution in [-0.4, -0.2) is 9.13 Å². The fourth-order valence-electron chi connectivity index (χ4n) is 6.49. The Balaban J connectivity index is 1.44. The maximum Gasteiger partial charge on any atom is 0.0547 e. The van der Waals surface area contributed by atoms with Crippen LogP contribution in [-0.2, 0) is 0 Å². The molecule has 0 bridgehead atoms. The van der Waals surface area contributed by atoms with E-state index in [0.29, 0.717) is 0 Å². The lowest BCUT2D eigenvalue weighted by atomic mass is 10.0. The number of halogens is 2. The van der Waals surface area contributed by atoms with Crippen LogP contribution in [0.2, 0.25) is 0 Å². The predicted octanol–water partition coefficient (Wildman–Crippen LogP) is 11.2. The van der Waals surface area contributed by atoms with Gasteiger partial charge in [-0.05, 0) is 96.4 Å². The smallest absolute Gasteiger partial charge is 0.0547 e. The number of hydrogen-bond donors (Lipinski definition) is 0. The molecule has 0 aliphatic carbocycles. The second-order valence-corrected chi connectivity index (χ2v) is 12.4. The van der Waals surface area contributed by atoms with Crippen LogP contribution in [0.15, 0.2) is 118 Å². The molecule has 2 aromatic heterocycles. The quantitative estimate of drug-likeness (QED) is 0.177. The van der Waals surface area contributed by atoms with Crippen LogP contribution in [0.1, 0.15) is 11.1 Å². The summed E-state index contributed by atoms with van der Waals surface area (Å²) < 4.78 is 7.04. The summed E-state index contributed by atoms with van der Waals surface area (Å²) in [6.07, 6.45) is 0. The first-order chi connectivity index (χ1) is 19.5. The normalized spacial score (nSPS) is 12.0. The molecule has 2 nitrogen and oxygen atoms in total. The molecule has 0 saturated heterocycles. The second-order valence-electron chi connectivity index (χ2n) is 10.6. The van der Waals surface area contributed by atoms with E-state index in [0.717, 1.165) is 8.95 Å². The molecular formula is C36H24Br2N2. The molecule has 0 fully saturated rings. The zero-order chi connectivity index (χ0) is 27.1. The molecule has 0 aliphatic rings. The summed E-state index contributed by atoms with van der Waals surface area (Å²) in [6.45, 7) is 4.47. The second kappa shape index (κ2) is 8.82. The molecule has 8 aromatic rings. The zero-order valence-electron chi connectivity index (χ0n) is 22.0. The van der Waals surface area contributed by atoms with Crippen molar-refractivity contribution >= 4 is 86.2 Å². The van der Waals surface area contributed by atoms with Gasteiger partial charge in [0.25, 0.3) is 0 Å². The standard InChI is InChI=1S/C36H24Br2N2/c1-21-18-35(22(2)17-34(21)39-30-10-6-5-9-27(30)28-19-24(37)12-15-31(28)39)40-32-16-13-25(38)20-29(32)36-26-8-4-3-7-23(26)11-14-33(36)40/h3-20H,1-2H3. The van der Waals surface area contributed by atoms with Gasteiger partial charge >= 0.3 is 0 Å². The van der Waals surface area contributed by atoms with Crippen molar-refractivity contribution in [2.75, 3.05) is 0 Å². The number of benzene rings is 6. The van der Waals surface area contributed by atoms with Gasteiger partial charge in [-0.3, -0.25) is 0 Å². The summed E-state index contributed by atoms with van der Waals surface area (Å²) in [7, 11) is 0. The number of rotatable bonds is 2. The van der Waals surface area contributed by atoms with E-state index in [9.17, 15) is 0 Å². The third-order valence-corrected chi connectivity index (χ3v) is 9.23. The van der Waals surface area contributed by atoms with Gasteiger partial charge in [-0.25, -0.2) is 0 Å². The van der Waals surface area contributed by atoms with Gasteiger partial charge in [0.1, 0.15) is 0 Å². The number of nitrogens with zero attached hydrogens (tertiary/aromatic N) is 2. The molecule has 0 unspecified atom stereocenters. The van der Waals surface area contributed by atoms with Crippen molar-refractivity contribution in [3.05, 3.63) is 129 Å². The zero-order valence-corrected chi connectivity index (χ0v) is 25.2. The average Bonchev–Trinajstić information content (AvgIpc) is 3.46. The van der Waals surface area contributed by atoms with Crippen molar-refractivity contribution in [1.82, 2.24) is 9.13 Å². The number of aryl methyl sites for hydroxylation is 2. The number of hydrogen-bond acceptors (Lipinski definition) is 0. The Hall–Kier alpha value is -3.86. The summed E-state index contributed by atoms with van der Waals surface area (Å²) in [5.41, 5.74) is 9.77. The third kappa shape index (κ3) is 3.39. The molecule has 0 aliphatic heterocycles. The first kappa shape index (κ1) is 24.0. The number of para-hydroxylation sites is 1. The van der Waals surface area contributed by atoms with E-state index in [1.54, 1.807) is 0 Å². The Morgan fingerprint density at radius 1 is 0.450 bits per heavy atom. The molecular weight excluding hydrogens is 620 g/mol. The highest BCUT2D eigenvalue weighted by Crippen LogP contribution is 2.40. The van der Waals surface area contributed by atoms with Crippen LogP contribution in [0.3, 0.4) is 0 Å². The number of fused-ring (bicyclic) bond motifs is 8. The fourth-order valence-corrected chi connectivity index (χ4v) is 7.22. The van der Waals surface area contributed by atoms with E-state index < -0.39 is 0 Å². The maximum atomic E-state index is 3.73. The molecule has 40 heavy (non-hydrogen) atoms. The SMILES string of the molecule is Cc1cc(-n2c3ccc(Br)cc3c3c4ccccc4ccc32)c(C)cc1-n1c2ccccc2c2cc(Br)ccc21. The molecule has 0 amide bonds. The van der Waals surface area contributed by atoms with Crippen molar-refractivity contribution in [3.8, 4) is 11.4 Å². The molecule has 6 aromatic carbocycles. The Kier molecular flexibility index (Phi) is 5.29. The summed E-state index contributed by atoms with van der Waals surface area (Å²) in [5.74, 6) is 0. The first-order valence-electron chi connectivity index (χ1n) is 13.4. The van der Waals surface area contributed by atoms with E-state index in [1.807, 2.05) is 0 Å². The van der Waals surface area contributed by atoms with Crippen molar-refractivity contribution in [2.24, 2.45) is 0 Å². The van der Waals surface area contributed by atoms with Crippen LogP contribution in [0, 0.1) is 13.8 Å². The molecule has 8 rings (SSSR count). The van der Waals surface area contributed by atoms with E-state index in [4.69, 9.17) is 0 Å². The lowest BCUT2D eigenvalue weighted by molar-refractivity contribution is 1.10. The summed E-state index contributed by atoms with van der Waals surface area (Å²) in [6, 6.07) is 39.8. The minimum absolute atomic E-state index is 1.09. The molecule has 192 valence electrons. The highest BCUT2D eigenvalue weighted by Gasteiger charge is 2.19. The Labute approximate surface area is 248 Å². The van der Waals surface area contributed by atoms with Crippen LogP contribution >= 0.6 is 31.9 Å². The van der Waals surface area contributed by atoms with Gasteiger partial charge in [-0.1, -0.05) is 80.4 Å². The van der Waals surface area contributed by atoms with Gasteiger partial charge in [0.15, 0.2) is 0 Å². The van der Waals surface area contributed by atoms with Gasteiger partial charge in [-0.15, -0.1) is 0 Å². The minimum atomic E-state index is 1.09. The summed E-state index contributed by atoms with van der Waals surface area (Å²) >= 11 is 7.42. The molecule has 4 heteroatoms. The van der Waals surface area contributed by atoms with Gasteiger partial charge in [0.05, 0.1) is 22.1 Å². The molecule has 0 spiro atoms. The summed E-state index contributed by atoms with van der Waals surface area (Å²) in [4.78, 5) is 0. The van der Waals surface area contributed by atoms with Crippen LogP contribution < -0.4 is 0 Å². The Morgan fingerprint density at radius 3 is 1.70 bits per heavy atom. The minimum Gasteiger partial charge on any atom is -0.309 e. The van der Waals surface area contributed by atoms with Gasteiger partial charge < -0.3 is 9.13 Å². The predicted molar refractivity (Wildman–Crippen MR) is 177 cm³/mol. The van der Waals surface area contributed by atoms with Crippen molar-refractivity contribution in [1.29, 1.82) is 0 Å². The Bertz CT molecular complexity index is 2320. The topological polar surface area (TPSA) is 9.86 Å². The largest absolute Gasteiger partial charge is 0.309 e. The maximum absolute atomic E-state index is 3.73. The van der Waals surface area contributed by atoms with Crippen LogP contribution in [0.4, 0.5) is 0 Å². The Morgan fingerprint density at radius 2 is 0.975 bits per heavy atom. The van der Waals surface area contributed by atoms with E-state index >= 15 is 0 Å². The first-order valence-corrected chi connectivity index (χ1v) is 15.0. The monoisotopic (exact) mass is 642 g/mol.